The number of rotatable bonds is 7. The van der Waals surface area contributed by atoms with Crippen LogP contribution in [0.4, 0.5) is 0 Å². The molecule has 0 saturated carbocycles. The molecule has 0 aliphatic heterocycles. The highest BCUT2D eigenvalue weighted by Gasteiger charge is 2.24. The van der Waals surface area contributed by atoms with Crippen molar-refractivity contribution in [3.05, 3.63) is 224 Å². The molecule has 290 valence electrons. The van der Waals surface area contributed by atoms with Crippen LogP contribution in [0.2, 0.25) is 0 Å². The van der Waals surface area contributed by atoms with Crippen molar-refractivity contribution >= 4 is 43.6 Å². The minimum absolute atomic E-state index is 0.556. The molecule has 0 amide bonds. The molecule has 0 aliphatic carbocycles. The van der Waals surface area contributed by atoms with Gasteiger partial charge in [0.05, 0.1) is 27.8 Å². The predicted molar refractivity (Wildman–Crippen MR) is 256 cm³/mol. The second-order valence-electron chi connectivity index (χ2n) is 15.6. The van der Waals surface area contributed by atoms with Gasteiger partial charge in [0.25, 0.3) is 0 Å². The van der Waals surface area contributed by atoms with E-state index in [-0.39, 0.29) is 0 Å². The van der Waals surface area contributed by atoms with Crippen molar-refractivity contribution in [2.75, 3.05) is 0 Å². The number of benzene rings is 9. The summed E-state index contributed by atoms with van der Waals surface area (Å²) in [4.78, 5) is 15.8. The predicted octanol–water partition coefficient (Wildman–Crippen LogP) is 14.4. The number of fused-ring (bicyclic) bond motifs is 7. The van der Waals surface area contributed by atoms with Crippen LogP contribution in [0.1, 0.15) is 0 Å². The first-order valence-corrected chi connectivity index (χ1v) is 21.0. The summed E-state index contributed by atoms with van der Waals surface area (Å²) in [6, 6.07) is 79.3. The summed E-state index contributed by atoms with van der Waals surface area (Å²) in [5, 5.41) is 4.57. The average molecular weight is 792 g/mol. The zero-order chi connectivity index (χ0) is 41.0. The Morgan fingerprint density at radius 1 is 0.274 bits per heavy atom. The van der Waals surface area contributed by atoms with Gasteiger partial charge >= 0.3 is 0 Å². The van der Waals surface area contributed by atoms with Crippen LogP contribution in [0.25, 0.3) is 111 Å². The van der Waals surface area contributed by atoms with Gasteiger partial charge < -0.3 is 4.57 Å². The first-order valence-electron chi connectivity index (χ1n) is 21.0. The lowest BCUT2D eigenvalue weighted by atomic mass is 9.98. The lowest BCUT2D eigenvalue weighted by Crippen LogP contribution is -2.07. The zero-order valence-corrected chi connectivity index (χ0v) is 33.6. The lowest BCUT2D eigenvalue weighted by Gasteiger charge is -2.16. The molecule has 12 rings (SSSR count). The molecule has 3 aromatic heterocycles. The molecule has 5 nitrogen and oxygen atoms in total. The van der Waals surface area contributed by atoms with Crippen LogP contribution in [-0.4, -0.2) is 24.1 Å². The number of nitrogens with zero attached hydrogens (tertiary/aromatic N) is 5. The fourth-order valence-corrected chi connectivity index (χ4v) is 9.12. The quantitative estimate of drug-likeness (QED) is 0.162. The van der Waals surface area contributed by atoms with Gasteiger partial charge in [0, 0.05) is 38.2 Å². The van der Waals surface area contributed by atoms with Gasteiger partial charge in [-0.3, -0.25) is 4.57 Å². The Morgan fingerprint density at radius 3 is 1.35 bits per heavy atom. The summed E-state index contributed by atoms with van der Waals surface area (Å²) in [6.45, 7) is 0. The van der Waals surface area contributed by atoms with E-state index < -0.39 is 0 Å². The Kier molecular flexibility index (Phi) is 8.42. The smallest absolute Gasteiger partial charge is 0.238 e. The highest BCUT2D eigenvalue weighted by molar-refractivity contribution is 6.24. The van der Waals surface area contributed by atoms with Gasteiger partial charge in [0.15, 0.2) is 11.6 Å². The number of hydrogen-bond donors (Lipinski definition) is 0. The van der Waals surface area contributed by atoms with E-state index in [1.165, 1.54) is 16.5 Å². The standard InChI is InChI=1S/C57H37N5/c1-4-17-38(18-5-1)40-31-33-42(34-32-40)56-58-55(41-21-8-3-9-22-41)59-57(60-56)62-52-30-15-12-27-47(52)49-36-35-48-46-26-11-14-29-51(46)61(53(48)54(49)62)50-28-13-10-25-45(50)44-24-16-23-43(37-44)39-19-6-2-7-20-39/h1-37H. The number of para-hydroxylation sites is 3. The van der Waals surface area contributed by atoms with Crippen LogP contribution in [-0.2, 0) is 0 Å². The van der Waals surface area contributed by atoms with Gasteiger partial charge in [0.1, 0.15) is 0 Å². The van der Waals surface area contributed by atoms with Crippen LogP contribution < -0.4 is 0 Å². The summed E-state index contributed by atoms with van der Waals surface area (Å²) in [7, 11) is 0. The molecule has 62 heavy (non-hydrogen) atoms. The highest BCUT2D eigenvalue weighted by Crippen LogP contribution is 2.43. The molecule has 0 N–H and O–H groups in total. The molecular formula is C57H37N5. The Balaban J connectivity index is 1.15. The van der Waals surface area contributed by atoms with Crippen LogP contribution in [0.5, 0.6) is 0 Å². The van der Waals surface area contributed by atoms with Gasteiger partial charge in [-0.1, -0.05) is 200 Å². The average Bonchev–Trinajstić information content (AvgIpc) is 3.88. The highest BCUT2D eigenvalue weighted by atomic mass is 15.2. The van der Waals surface area contributed by atoms with Gasteiger partial charge in [-0.05, 0) is 52.1 Å². The molecule has 0 radical (unpaired) electrons. The maximum atomic E-state index is 5.37. The third kappa shape index (κ3) is 5.90. The van der Waals surface area contributed by atoms with Crippen molar-refractivity contribution in [2.45, 2.75) is 0 Å². The van der Waals surface area contributed by atoms with Crippen molar-refractivity contribution in [2.24, 2.45) is 0 Å². The largest absolute Gasteiger partial charge is 0.307 e. The molecule has 0 fully saturated rings. The molecule has 5 heteroatoms. The Morgan fingerprint density at radius 2 is 0.710 bits per heavy atom. The summed E-state index contributed by atoms with van der Waals surface area (Å²) >= 11 is 0. The monoisotopic (exact) mass is 791 g/mol. The van der Waals surface area contributed by atoms with E-state index in [2.05, 4.69) is 209 Å². The molecular weight excluding hydrogens is 755 g/mol. The minimum atomic E-state index is 0.556. The maximum Gasteiger partial charge on any atom is 0.238 e. The van der Waals surface area contributed by atoms with E-state index in [9.17, 15) is 0 Å². The van der Waals surface area contributed by atoms with Crippen molar-refractivity contribution in [3.8, 4) is 67.8 Å². The normalized spacial score (nSPS) is 11.5. The zero-order valence-electron chi connectivity index (χ0n) is 33.6. The molecule has 0 unspecified atom stereocenters. The molecule has 0 bridgehead atoms. The van der Waals surface area contributed by atoms with Crippen LogP contribution in [0.3, 0.4) is 0 Å². The molecule has 9 aromatic carbocycles. The third-order valence-corrected chi connectivity index (χ3v) is 12.0. The third-order valence-electron chi connectivity index (χ3n) is 12.0. The number of hydrogen-bond acceptors (Lipinski definition) is 3. The molecule has 0 aliphatic rings. The van der Waals surface area contributed by atoms with Crippen molar-refractivity contribution in [1.29, 1.82) is 0 Å². The van der Waals surface area contributed by atoms with E-state index in [4.69, 9.17) is 15.0 Å². The fraction of sp³-hybridized carbons (Fsp3) is 0. The van der Waals surface area contributed by atoms with Crippen LogP contribution in [0, 0.1) is 0 Å². The summed E-state index contributed by atoms with van der Waals surface area (Å²) in [5.41, 5.74) is 14.1. The van der Waals surface area contributed by atoms with Gasteiger partial charge in [-0.25, -0.2) is 4.98 Å². The van der Waals surface area contributed by atoms with Crippen LogP contribution >= 0.6 is 0 Å². The Bertz CT molecular complexity index is 3610. The summed E-state index contributed by atoms with van der Waals surface area (Å²) in [6.07, 6.45) is 0. The van der Waals surface area contributed by atoms with Crippen molar-refractivity contribution in [1.82, 2.24) is 24.1 Å². The van der Waals surface area contributed by atoms with Gasteiger partial charge in [-0.15, -0.1) is 0 Å². The van der Waals surface area contributed by atoms with Gasteiger partial charge in [-0.2, -0.15) is 9.97 Å². The fourth-order valence-electron chi connectivity index (χ4n) is 9.12. The molecule has 12 aromatic rings. The molecule has 3 heterocycles. The van der Waals surface area contributed by atoms with Gasteiger partial charge in [0.2, 0.25) is 5.95 Å². The summed E-state index contributed by atoms with van der Waals surface area (Å²) < 4.78 is 4.71. The lowest BCUT2D eigenvalue weighted by molar-refractivity contribution is 0.953. The Hall–Kier alpha value is -8.41. The van der Waals surface area contributed by atoms with E-state index in [1.54, 1.807) is 0 Å². The molecule has 0 atom stereocenters. The van der Waals surface area contributed by atoms with Crippen LogP contribution in [0.15, 0.2) is 224 Å². The minimum Gasteiger partial charge on any atom is -0.307 e. The SMILES string of the molecule is c1ccc(-c2ccc(-c3nc(-c4ccccc4)nc(-n4c5ccccc5c5ccc6c7ccccc7n(-c7ccccc7-c7cccc(-c8ccccc8)c7)c6c54)n3)cc2)cc1. The second-order valence-corrected chi connectivity index (χ2v) is 15.6. The topological polar surface area (TPSA) is 48.5 Å². The molecule has 0 spiro atoms. The summed E-state index contributed by atoms with van der Waals surface area (Å²) in [5.74, 6) is 1.77. The van der Waals surface area contributed by atoms with E-state index in [0.29, 0.717) is 17.6 Å². The van der Waals surface area contributed by atoms with E-state index >= 15 is 0 Å². The van der Waals surface area contributed by atoms with Crippen molar-refractivity contribution < 1.29 is 0 Å². The second kappa shape index (κ2) is 14.7. The first-order chi connectivity index (χ1) is 30.8. The van der Waals surface area contributed by atoms with E-state index in [0.717, 1.165) is 77.3 Å². The van der Waals surface area contributed by atoms with E-state index in [1.807, 2.05) is 24.3 Å². The van der Waals surface area contributed by atoms with Crippen molar-refractivity contribution in [3.63, 3.8) is 0 Å². The Labute approximate surface area is 358 Å². The first kappa shape index (κ1) is 35.5. The molecule has 0 saturated heterocycles. The maximum absolute atomic E-state index is 5.37. The number of aromatic nitrogens is 5.